The highest BCUT2D eigenvalue weighted by Gasteiger charge is 2.41. The second-order valence-electron chi connectivity index (χ2n) is 6.11. The van der Waals surface area contributed by atoms with Crippen molar-refractivity contribution in [2.45, 2.75) is 26.9 Å². The highest BCUT2D eigenvalue weighted by atomic mass is 19.3. The summed E-state index contributed by atoms with van der Waals surface area (Å²) in [6, 6.07) is 4.57. The van der Waals surface area contributed by atoms with Crippen LogP contribution in [0.25, 0.3) is 17.3 Å². The van der Waals surface area contributed by atoms with Crippen molar-refractivity contribution in [1.82, 2.24) is 4.98 Å². The maximum absolute atomic E-state index is 14.4. The van der Waals surface area contributed by atoms with Gasteiger partial charge in [-0.25, -0.2) is 22.0 Å². The molecule has 3 rings (SSSR count). The van der Waals surface area contributed by atoms with Crippen LogP contribution in [0, 0.1) is 29.1 Å². The van der Waals surface area contributed by atoms with Crippen molar-refractivity contribution in [3.8, 4) is 17.0 Å². The number of benzene rings is 2. The smallest absolute Gasteiger partial charge is 0.429 e. The lowest BCUT2D eigenvalue weighted by Gasteiger charge is -2.20. The average molecular weight is 457 g/mol. The number of aromatic nitrogens is 1. The molecule has 0 spiro atoms. The van der Waals surface area contributed by atoms with Gasteiger partial charge >= 0.3 is 6.11 Å². The van der Waals surface area contributed by atoms with Gasteiger partial charge in [0.25, 0.3) is 0 Å². The minimum Gasteiger partial charge on any atom is -0.429 e. The van der Waals surface area contributed by atoms with Crippen LogP contribution in [0.3, 0.4) is 0 Å². The fourth-order valence-electron chi connectivity index (χ4n) is 2.66. The van der Waals surface area contributed by atoms with Crippen LogP contribution in [-0.2, 0) is 6.11 Å². The molecular weight excluding hydrogens is 439 g/mol. The number of nitrogens with zero attached hydrogens (tertiary/aromatic N) is 1. The van der Waals surface area contributed by atoms with E-state index in [4.69, 9.17) is 0 Å². The Labute approximate surface area is 180 Å². The van der Waals surface area contributed by atoms with E-state index in [1.165, 1.54) is 12.3 Å². The molecule has 9 heteroatoms. The van der Waals surface area contributed by atoms with E-state index >= 15 is 0 Å². The zero-order chi connectivity index (χ0) is 24.1. The Balaban J connectivity index is 0.00000176. The van der Waals surface area contributed by atoms with Crippen LogP contribution in [0.4, 0.5) is 30.7 Å². The van der Waals surface area contributed by atoms with E-state index in [9.17, 15) is 30.7 Å². The van der Waals surface area contributed by atoms with Crippen LogP contribution in [0.15, 0.2) is 48.7 Å². The first-order valence-corrected chi connectivity index (χ1v) is 9.42. The molecule has 0 amide bonds. The maximum Gasteiger partial charge on any atom is 0.432 e. The molecule has 0 aliphatic carbocycles. The minimum absolute atomic E-state index is 0.115. The number of halogens is 7. The maximum atomic E-state index is 14.4. The number of rotatable bonds is 5. The fraction of sp³-hybridized carbons (Fsp3) is 0.174. The van der Waals surface area contributed by atoms with Crippen LogP contribution in [-0.4, -0.2) is 4.98 Å². The van der Waals surface area contributed by atoms with E-state index in [0.717, 1.165) is 5.56 Å². The van der Waals surface area contributed by atoms with Gasteiger partial charge in [0.15, 0.2) is 17.5 Å². The summed E-state index contributed by atoms with van der Waals surface area (Å²) >= 11 is 0. The van der Waals surface area contributed by atoms with Crippen molar-refractivity contribution in [1.29, 1.82) is 0 Å². The quantitative estimate of drug-likeness (QED) is 0.290. The molecule has 0 bridgehead atoms. The molecule has 0 radical (unpaired) electrons. The number of pyridine rings is 1. The molecular formula is C23H18F7NO. The highest BCUT2D eigenvalue weighted by Crippen LogP contribution is 2.37. The van der Waals surface area contributed by atoms with Crippen molar-refractivity contribution in [3.05, 3.63) is 88.9 Å². The van der Waals surface area contributed by atoms with E-state index in [1.54, 1.807) is 25.1 Å². The van der Waals surface area contributed by atoms with Crippen LogP contribution in [0.5, 0.6) is 5.75 Å². The first-order chi connectivity index (χ1) is 15.1. The van der Waals surface area contributed by atoms with Crippen molar-refractivity contribution >= 4 is 6.08 Å². The van der Waals surface area contributed by atoms with Crippen molar-refractivity contribution < 1.29 is 35.5 Å². The van der Waals surface area contributed by atoms with Gasteiger partial charge in [0.05, 0.1) is 5.69 Å². The number of alkyl halides is 2. The zero-order valence-corrected chi connectivity index (χ0v) is 17.2. The first-order valence-electron chi connectivity index (χ1n) is 9.42. The normalized spacial score (nSPS) is 11.3. The lowest BCUT2D eigenvalue weighted by molar-refractivity contribution is -0.189. The van der Waals surface area contributed by atoms with Crippen LogP contribution in [0.1, 0.15) is 31.9 Å². The molecule has 3 aromatic rings. The third kappa shape index (κ3) is 5.46. The summed E-state index contributed by atoms with van der Waals surface area (Å²) in [5, 5.41) is 0. The van der Waals surface area contributed by atoms with Crippen molar-refractivity contribution in [3.63, 3.8) is 0 Å². The predicted octanol–water partition coefficient (Wildman–Crippen LogP) is 7.63. The summed E-state index contributed by atoms with van der Waals surface area (Å²) < 4.78 is 101. The summed E-state index contributed by atoms with van der Waals surface area (Å²) in [5.41, 5.74) is -1.05. The fourth-order valence-corrected chi connectivity index (χ4v) is 2.66. The average Bonchev–Trinajstić information content (AvgIpc) is 2.73. The van der Waals surface area contributed by atoms with Gasteiger partial charge in [-0.1, -0.05) is 32.1 Å². The van der Waals surface area contributed by atoms with Gasteiger partial charge in [0, 0.05) is 23.9 Å². The summed E-state index contributed by atoms with van der Waals surface area (Å²) in [4.78, 5) is 4.01. The molecule has 1 heterocycles. The second-order valence-corrected chi connectivity index (χ2v) is 6.11. The van der Waals surface area contributed by atoms with Crippen molar-refractivity contribution in [2.24, 2.45) is 0 Å². The van der Waals surface area contributed by atoms with Gasteiger partial charge in [-0.05, 0) is 30.7 Å². The SMILES string of the molecule is C/C=C/c1ccc(-c2cc(F)c(C(F)(F)Oc3cc(F)c(F)c(F)c3)c(F)c2)nc1.CC. The van der Waals surface area contributed by atoms with Gasteiger partial charge in [-0.15, -0.1) is 0 Å². The third-order valence-electron chi connectivity index (χ3n) is 3.98. The Morgan fingerprint density at radius 3 is 1.88 bits per heavy atom. The standard InChI is InChI=1S/C21H12F7NO.C2H6/c1-2-3-11-4-5-18(29-10-11)12-6-14(22)19(15(23)7-12)21(27,28)30-13-8-16(24)20(26)17(25)9-13;1-2/h2-10H,1H3;1-2H3/b3-2+;. The minimum atomic E-state index is -4.65. The third-order valence-corrected chi connectivity index (χ3v) is 3.98. The molecule has 2 nitrogen and oxygen atoms in total. The molecule has 0 saturated carbocycles. The van der Waals surface area contributed by atoms with Gasteiger partial charge in [-0.2, -0.15) is 8.78 Å². The summed E-state index contributed by atoms with van der Waals surface area (Å²) in [6.07, 6.45) is 0.271. The lowest BCUT2D eigenvalue weighted by atomic mass is 10.1. The predicted molar refractivity (Wildman–Crippen MR) is 106 cm³/mol. The van der Waals surface area contributed by atoms with Crippen LogP contribution < -0.4 is 4.74 Å². The number of hydrogen-bond donors (Lipinski definition) is 0. The Hall–Kier alpha value is -3.36. The van der Waals surface area contributed by atoms with E-state index in [0.29, 0.717) is 12.1 Å². The summed E-state index contributed by atoms with van der Waals surface area (Å²) in [7, 11) is 0. The molecule has 2 aromatic carbocycles. The largest absolute Gasteiger partial charge is 0.432 e. The van der Waals surface area contributed by atoms with Gasteiger partial charge < -0.3 is 4.74 Å². The summed E-state index contributed by atoms with van der Waals surface area (Å²) in [5.74, 6) is -10.00. The number of allylic oxidation sites excluding steroid dienone is 1. The molecule has 1 aromatic heterocycles. The molecule has 0 atom stereocenters. The first kappa shape index (κ1) is 24.9. The number of ether oxygens (including phenoxy) is 1. The van der Waals surface area contributed by atoms with Gasteiger partial charge in [-0.3, -0.25) is 4.98 Å². The molecule has 32 heavy (non-hydrogen) atoms. The molecule has 0 unspecified atom stereocenters. The Kier molecular flexibility index (Phi) is 8.02. The van der Waals surface area contributed by atoms with E-state index < -0.39 is 46.5 Å². The van der Waals surface area contributed by atoms with Crippen LogP contribution >= 0.6 is 0 Å². The van der Waals surface area contributed by atoms with E-state index in [2.05, 4.69) is 9.72 Å². The lowest BCUT2D eigenvalue weighted by Crippen LogP contribution is -2.25. The molecule has 170 valence electrons. The summed E-state index contributed by atoms with van der Waals surface area (Å²) in [6.45, 7) is 5.79. The monoisotopic (exact) mass is 457 g/mol. The van der Waals surface area contributed by atoms with E-state index in [1.807, 2.05) is 13.8 Å². The van der Waals surface area contributed by atoms with Gasteiger partial charge in [0.1, 0.15) is 22.9 Å². The molecule has 0 fully saturated rings. The molecule has 0 aliphatic heterocycles. The Bertz CT molecular complexity index is 1070. The highest BCUT2D eigenvalue weighted by molar-refractivity contribution is 5.62. The topological polar surface area (TPSA) is 22.1 Å². The van der Waals surface area contributed by atoms with Crippen LogP contribution in [0.2, 0.25) is 0 Å². The zero-order valence-electron chi connectivity index (χ0n) is 17.2. The number of hydrogen-bond acceptors (Lipinski definition) is 2. The Morgan fingerprint density at radius 1 is 0.844 bits per heavy atom. The molecule has 0 N–H and O–H groups in total. The second kappa shape index (κ2) is 10.3. The molecule has 0 aliphatic rings. The van der Waals surface area contributed by atoms with Gasteiger partial charge in [0.2, 0.25) is 0 Å². The van der Waals surface area contributed by atoms with E-state index in [-0.39, 0.29) is 23.4 Å². The Morgan fingerprint density at radius 2 is 1.41 bits per heavy atom. The van der Waals surface area contributed by atoms with Crippen molar-refractivity contribution in [2.75, 3.05) is 0 Å². The molecule has 0 saturated heterocycles.